The molecule has 2 unspecified atom stereocenters. The molecule has 5 fully saturated rings. The maximum absolute atomic E-state index is 13.4. The van der Waals surface area contributed by atoms with Crippen LogP contribution in [0.1, 0.15) is 44.9 Å². The monoisotopic (exact) mass is 499 g/mol. The number of sulfonamides is 1. The second-order valence-corrected chi connectivity index (χ2v) is 12.9. The summed E-state index contributed by atoms with van der Waals surface area (Å²) in [6.07, 6.45) is 5.14. The van der Waals surface area contributed by atoms with Crippen LogP contribution < -0.4 is 11.1 Å². The number of nitrogens with one attached hydrogen (secondary N) is 1. The van der Waals surface area contributed by atoms with Crippen molar-refractivity contribution >= 4 is 45.0 Å². The molecule has 5 aliphatic rings. The van der Waals surface area contributed by atoms with Crippen molar-refractivity contribution < 1.29 is 18.0 Å². The van der Waals surface area contributed by atoms with Gasteiger partial charge >= 0.3 is 0 Å². The standard InChI is InChI=1S/C22H27Cl2N3O4S/c1-27(32(30,31)16-4-2-3-15(23)17(16)24)22(5-6-22)20(29)26-18-13-7-12-8-14(18)11-21(9-12,10-13)19(25)28/h2-4,12-14,18H,5-11H2,1H3,(H2,25,28)(H,26,29). The number of likely N-dealkylation sites (N-methyl/N-ethyl adjacent to an activating group) is 1. The zero-order valence-corrected chi connectivity index (χ0v) is 20.1. The van der Waals surface area contributed by atoms with Crippen molar-refractivity contribution in [3.05, 3.63) is 28.2 Å². The fraction of sp³-hybridized carbons (Fsp3) is 0.636. The van der Waals surface area contributed by atoms with Gasteiger partial charge in [0.2, 0.25) is 21.8 Å². The first-order chi connectivity index (χ1) is 15.0. The van der Waals surface area contributed by atoms with Crippen LogP contribution in [-0.4, -0.2) is 43.2 Å². The molecule has 0 saturated heterocycles. The van der Waals surface area contributed by atoms with E-state index in [1.807, 2.05) is 0 Å². The van der Waals surface area contributed by atoms with Crippen LogP contribution in [0, 0.1) is 23.2 Å². The summed E-state index contributed by atoms with van der Waals surface area (Å²) in [6, 6.07) is 4.40. The molecule has 2 amide bonds. The topological polar surface area (TPSA) is 110 Å². The number of carbonyl (C=O) groups excluding carboxylic acids is 2. The Kier molecular flexibility index (Phi) is 5.14. The number of halogens is 2. The van der Waals surface area contributed by atoms with Gasteiger partial charge in [0.15, 0.2) is 0 Å². The lowest BCUT2D eigenvalue weighted by Crippen LogP contribution is -2.64. The van der Waals surface area contributed by atoms with E-state index in [-0.39, 0.29) is 44.6 Å². The van der Waals surface area contributed by atoms with Crippen LogP contribution in [-0.2, 0) is 19.6 Å². The summed E-state index contributed by atoms with van der Waals surface area (Å²) in [5.41, 5.74) is 4.21. The van der Waals surface area contributed by atoms with Crippen LogP contribution in [0.25, 0.3) is 0 Å². The Hall–Kier alpha value is -1.35. The molecule has 32 heavy (non-hydrogen) atoms. The lowest BCUT2D eigenvalue weighted by Gasteiger charge is -2.59. The number of nitrogens with zero attached hydrogens (tertiary/aromatic N) is 1. The van der Waals surface area contributed by atoms with E-state index in [1.54, 1.807) is 0 Å². The summed E-state index contributed by atoms with van der Waals surface area (Å²) < 4.78 is 27.8. The fourth-order valence-electron chi connectivity index (χ4n) is 6.71. The van der Waals surface area contributed by atoms with Crippen molar-refractivity contribution in [2.75, 3.05) is 7.05 Å². The zero-order chi connectivity index (χ0) is 23.1. The molecule has 1 aromatic carbocycles. The maximum atomic E-state index is 13.4. The van der Waals surface area contributed by atoms with Crippen LogP contribution in [0.5, 0.6) is 0 Å². The highest BCUT2D eigenvalue weighted by molar-refractivity contribution is 7.89. The van der Waals surface area contributed by atoms with Gasteiger partial charge < -0.3 is 11.1 Å². The van der Waals surface area contributed by atoms with Crippen molar-refractivity contribution in [2.45, 2.75) is 61.4 Å². The third-order valence-corrected chi connectivity index (χ3v) is 11.3. The summed E-state index contributed by atoms with van der Waals surface area (Å²) in [4.78, 5) is 25.5. The van der Waals surface area contributed by atoms with E-state index in [0.29, 0.717) is 31.6 Å². The number of carbonyl (C=O) groups is 2. The molecule has 6 rings (SSSR count). The van der Waals surface area contributed by atoms with Crippen molar-refractivity contribution in [1.29, 1.82) is 0 Å². The van der Waals surface area contributed by atoms with Gasteiger partial charge in [0.25, 0.3) is 0 Å². The SMILES string of the molecule is CN(C1(C(=O)NC2C3CC4CC2CC(C(N)=O)(C4)C3)CC1)S(=O)(=O)c1cccc(Cl)c1Cl. The van der Waals surface area contributed by atoms with E-state index in [9.17, 15) is 18.0 Å². The van der Waals surface area contributed by atoms with Gasteiger partial charge in [-0.25, -0.2) is 8.42 Å². The average Bonchev–Trinajstić information content (AvgIpc) is 3.53. The minimum absolute atomic E-state index is 0.0463. The fourth-order valence-corrected chi connectivity index (χ4v) is 8.97. The van der Waals surface area contributed by atoms with Crippen molar-refractivity contribution in [3.63, 3.8) is 0 Å². The zero-order valence-electron chi connectivity index (χ0n) is 17.8. The van der Waals surface area contributed by atoms with Crippen molar-refractivity contribution in [1.82, 2.24) is 9.62 Å². The number of hydrogen-bond donors (Lipinski definition) is 2. The van der Waals surface area contributed by atoms with Crippen LogP contribution in [0.4, 0.5) is 0 Å². The van der Waals surface area contributed by atoms with E-state index in [1.165, 1.54) is 25.2 Å². The Bertz CT molecular complexity index is 1090. The van der Waals surface area contributed by atoms with Gasteiger partial charge in [0.05, 0.1) is 10.0 Å². The van der Waals surface area contributed by atoms with E-state index in [2.05, 4.69) is 5.32 Å². The molecule has 3 N–H and O–H groups in total. The van der Waals surface area contributed by atoms with E-state index in [0.717, 1.165) is 23.6 Å². The number of nitrogens with two attached hydrogens (primary N) is 1. The second-order valence-electron chi connectivity index (χ2n) is 10.2. The Morgan fingerprint density at radius 1 is 1.12 bits per heavy atom. The quantitative estimate of drug-likeness (QED) is 0.626. The largest absolute Gasteiger partial charge is 0.369 e. The lowest BCUT2D eigenvalue weighted by atomic mass is 9.47. The van der Waals surface area contributed by atoms with Gasteiger partial charge in [-0.05, 0) is 74.8 Å². The minimum atomic E-state index is -4.02. The number of benzene rings is 1. The number of hydrogen-bond acceptors (Lipinski definition) is 4. The molecular formula is C22H27Cl2N3O4S. The molecule has 0 aromatic heterocycles. The van der Waals surface area contributed by atoms with Gasteiger partial charge in [0, 0.05) is 18.5 Å². The van der Waals surface area contributed by atoms with Gasteiger partial charge in [-0.3, -0.25) is 9.59 Å². The first-order valence-electron chi connectivity index (χ1n) is 11.0. The van der Waals surface area contributed by atoms with Crippen LogP contribution >= 0.6 is 23.2 Å². The Labute approximate surface area is 198 Å². The molecular weight excluding hydrogens is 473 g/mol. The third kappa shape index (κ3) is 3.21. The molecule has 7 nitrogen and oxygen atoms in total. The molecule has 4 bridgehead atoms. The second kappa shape index (κ2) is 7.32. The third-order valence-electron chi connectivity index (χ3n) is 8.40. The molecule has 5 aliphatic carbocycles. The normalized spacial score (nSPS) is 34.5. The highest BCUT2D eigenvalue weighted by atomic mass is 35.5. The summed E-state index contributed by atoms with van der Waals surface area (Å²) in [6.45, 7) is 0. The van der Waals surface area contributed by atoms with Crippen molar-refractivity contribution in [2.24, 2.45) is 28.9 Å². The first-order valence-corrected chi connectivity index (χ1v) is 13.2. The smallest absolute Gasteiger partial charge is 0.245 e. The van der Waals surface area contributed by atoms with E-state index >= 15 is 0 Å². The lowest BCUT2D eigenvalue weighted by molar-refractivity contribution is -0.148. The summed E-state index contributed by atoms with van der Waals surface area (Å²) in [7, 11) is -2.59. The van der Waals surface area contributed by atoms with Crippen LogP contribution in [0.3, 0.4) is 0 Å². The molecule has 2 atom stereocenters. The molecule has 0 spiro atoms. The molecule has 5 saturated carbocycles. The first kappa shape index (κ1) is 22.4. The molecule has 0 aliphatic heterocycles. The molecule has 1 aromatic rings. The van der Waals surface area contributed by atoms with Gasteiger partial charge in [0.1, 0.15) is 10.4 Å². The average molecular weight is 500 g/mol. The number of primary amides is 1. The Morgan fingerprint density at radius 3 is 2.31 bits per heavy atom. The van der Waals surface area contributed by atoms with Gasteiger partial charge in [-0.15, -0.1) is 0 Å². The molecule has 174 valence electrons. The number of rotatable bonds is 6. The van der Waals surface area contributed by atoms with Gasteiger partial charge in [-0.2, -0.15) is 4.31 Å². The van der Waals surface area contributed by atoms with E-state index < -0.39 is 21.0 Å². The minimum Gasteiger partial charge on any atom is -0.369 e. The van der Waals surface area contributed by atoms with Gasteiger partial charge in [-0.1, -0.05) is 29.3 Å². The Balaban J connectivity index is 1.36. The highest BCUT2D eigenvalue weighted by Gasteiger charge is 2.61. The van der Waals surface area contributed by atoms with E-state index in [4.69, 9.17) is 28.9 Å². The van der Waals surface area contributed by atoms with Crippen LogP contribution in [0.15, 0.2) is 23.1 Å². The van der Waals surface area contributed by atoms with Crippen molar-refractivity contribution in [3.8, 4) is 0 Å². The molecule has 0 heterocycles. The Morgan fingerprint density at radius 2 is 1.75 bits per heavy atom. The summed E-state index contributed by atoms with van der Waals surface area (Å²) >= 11 is 12.2. The summed E-state index contributed by atoms with van der Waals surface area (Å²) in [5.74, 6) is 0.406. The predicted molar refractivity (Wildman–Crippen MR) is 120 cm³/mol. The number of amides is 2. The highest BCUT2D eigenvalue weighted by Crippen LogP contribution is 2.60. The maximum Gasteiger partial charge on any atom is 0.245 e. The molecule has 0 radical (unpaired) electrons. The summed E-state index contributed by atoms with van der Waals surface area (Å²) in [5, 5.41) is 3.29. The van der Waals surface area contributed by atoms with Crippen LogP contribution in [0.2, 0.25) is 10.0 Å². The molecule has 10 heteroatoms. The predicted octanol–water partition coefficient (Wildman–Crippen LogP) is 2.94.